The zero-order valence-electron chi connectivity index (χ0n) is 24.3. The molecule has 1 N–H and O–H groups in total. The van der Waals surface area contributed by atoms with E-state index in [2.05, 4.69) is 21.2 Å². The van der Waals surface area contributed by atoms with Gasteiger partial charge in [0.15, 0.2) is 0 Å². The van der Waals surface area contributed by atoms with Gasteiger partial charge < -0.3 is 10.2 Å². The van der Waals surface area contributed by atoms with Gasteiger partial charge >= 0.3 is 0 Å². The predicted octanol–water partition coefficient (Wildman–Crippen LogP) is 6.20. The molecule has 0 heterocycles. The molecule has 0 aromatic heterocycles. The van der Waals surface area contributed by atoms with E-state index in [0.29, 0.717) is 5.69 Å². The summed E-state index contributed by atoms with van der Waals surface area (Å²) in [6, 6.07) is 32.6. The molecule has 0 aliphatic carbocycles. The second-order valence-electron chi connectivity index (χ2n) is 10.3. The molecule has 0 unspecified atom stereocenters. The monoisotopic (exact) mass is 661 g/mol. The van der Waals surface area contributed by atoms with E-state index >= 15 is 0 Å². The first-order valence-electron chi connectivity index (χ1n) is 14.2. The molecular weight excluding hydrogens is 626 g/mol. The zero-order chi connectivity index (χ0) is 30.8. The zero-order valence-corrected chi connectivity index (χ0v) is 26.7. The summed E-state index contributed by atoms with van der Waals surface area (Å²) in [5, 5.41) is 3.05. The molecule has 0 fully saturated rings. The molecule has 0 bridgehead atoms. The van der Waals surface area contributed by atoms with Crippen LogP contribution >= 0.6 is 15.9 Å². The molecule has 9 heteroatoms. The van der Waals surface area contributed by atoms with Crippen LogP contribution in [0.2, 0.25) is 0 Å². The Bertz CT molecular complexity index is 1600. The number of amides is 2. The second kappa shape index (κ2) is 15.0. The maximum atomic E-state index is 14.4. The number of nitrogens with zero attached hydrogens (tertiary/aromatic N) is 2. The van der Waals surface area contributed by atoms with Gasteiger partial charge in [0, 0.05) is 23.5 Å². The molecule has 0 spiro atoms. The molecular formula is C34H36BrN3O4S. The number of sulfonamides is 1. The summed E-state index contributed by atoms with van der Waals surface area (Å²) >= 11 is 3.50. The van der Waals surface area contributed by atoms with Crippen molar-refractivity contribution in [3.8, 4) is 0 Å². The van der Waals surface area contributed by atoms with Crippen LogP contribution < -0.4 is 9.62 Å². The molecule has 0 aliphatic rings. The van der Waals surface area contributed by atoms with E-state index in [9.17, 15) is 18.0 Å². The molecule has 0 aliphatic heterocycles. The summed E-state index contributed by atoms with van der Waals surface area (Å²) in [5.74, 6) is -0.790. The third kappa shape index (κ3) is 8.55. The van der Waals surface area contributed by atoms with E-state index in [-0.39, 0.29) is 29.8 Å². The summed E-state index contributed by atoms with van der Waals surface area (Å²) < 4.78 is 29.8. The summed E-state index contributed by atoms with van der Waals surface area (Å²) in [5.41, 5.74) is 2.04. The van der Waals surface area contributed by atoms with Gasteiger partial charge in [-0.05, 0) is 60.9 Å². The Morgan fingerprint density at radius 1 is 0.814 bits per heavy atom. The number of carbonyl (C=O) groups is 2. The fourth-order valence-electron chi connectivity index (χ4n) is 4.67. The second-order valence-corrected chi connectivity index (χ2v) is 13.1. The highest BCUT2D eigenvalue weighted by atomic mass is 79.9. The summed E-state index contributed by atoms with van der Waals surface area (Å²) in [4.78, 5) is 29.8. The molecule has 224 valence electrons. The van der Waals surface area contributed by atoms with Crippen LogP contribution in [0.5, 0.6) is 0 Å². The van der Waals surface area contributed by atoms with Crippen LogP contribution in [0.4, 0.5) is 5.69 Å². The molecule has 4 aromatic rings. The summed E-state index contributed by atoms with van der Waals surface area (Å²) in [6.07, 6.45) is 0.986. The van der Waals surface area contributed by atoms with Crippen molar-refractivity contribution in [2.75, 3.05) is 10.8 Å². The first kappa shape index (κ1) is 32.0. The first-order valence-corrected chi connectivity index (χ1v) is 16.4. The number of hydrogen-bond donors (Lipinski definition) is 1. The minimum absolute atomic E-state index is 0.0699. The number of anilines is 1. The standard InChI is InChI=1S/C34H36BrN3O4S/c1-3-26(2)36-34(40)32(23-27-14-7-4-8-15-27)37(24-28-16-13-17-29(35)22-28)33(39)25-38(30-18-9-5-10-19-30)43(41,42)31-20-11-6-12-21-31/h4-22,26,32H,3,23-25H2,1-2H3,(H,36,40)/t26-,32-/m0/s1. The number of para-hydroxylation sites is 1. The third-order valence-corrected chi connectivity index (χ3v) is 9.45. The van der Waals surface area contributed by atoms with Gasteiger partial charge in [0.1, 0.15) is 12.6 Å². The lowest BCUT2D eigenvalue weighted by atomic mass is 10.0. The molecule has 2 atom stereocenters. The van der Waals surface area contributed by atoms with Crippen LogP contribution in [0.3, 0.4) is 0 Å². The van der Waals surface area contributed by atoms with Crippen molar-refractivity contribution in [1.82, 2.24) is 10.2 Å². The van der Waals surface area contributed by atoms with Crippen LogP contribution in [0.15, 0.2) is 125 Å². The highest BCUT2D eigenvalue weighted by Crippen LogP contribution is 2.25. The van der Waals surface area contributed by atoms with Gasteiger partial charge in [0.2, 0.25) is 11.8 Å². The summed E-state index contributed by atoms with van der Waals surface area (Å²) in [7, 11) is -4.11. The smallest absolute Gasteiger partial charge is 0.264 e. The molecule has 0 radical (unpaired) electrons. The van der Waals surface area contributed by atoms with E-state index < -0.39 is 28.5 Å². The van der Waals surface area contributed by atoms with Gasteiger partial charge in [0.25, 0.3) is 10.0 Å². The van der Waals surface area contributed by atoms with Crippen molar-refractivity contribution < 1.29 is 18.0 Å². The van der Waals surface area contributed by atoms with E-state index in [4.69, 9.17) is 0 Å². The lowest BCUT2D eigenvalue weighted by Gasteiger charge is -2.34. The molecule has 7 nitrogen and oxygen atoms in total. The quantitative estimate of drug-likeness (QED) is 0.185. The number of nitrogens with one attached hydrogen (secondary N) is 1. The molecule has 43 heavy (non-hydrogen) atoms. The van der Waals surface area contributed by atoms with Crippen molar-refractivity contribution in [2.24, 2.45) is 0 Å². The van der Waals surface area contributed by atoms with Gasteiger partial charge in [-0.3, -0.25) is 13.9 Å². The average molecular weight is 663 g/mol. The highest BCUT2D eigenvalue weighted by Gasteiger charge is 2.34. The Labute approximate surface area is 262 Å². The number of halogens is 1. The van der Waals surface area contributed by atoms with Gasteiger partial charge in [-0.1, -0.05) is 102 Å². The van der Waals surface area contributed by atoms with Crippen LogP contribution in [0.1, 0.15) is 31.4 Å². The number of benzene rings is 4. The Kier molecular flexibility index (Phi) is 11.1. The third-order valence-electron chi connectivity index (χ3n) is 7.17. The van der Waals surface area contributed by atoms with Crippen molar-refractivity contribution in [2.45, 2.75) is 50.2 Å². The SMILES string of the molecule is CC[C@H](C)NC(=O)[C@H](Cc1ccccc1)N(Cc1cccc(Br)c1)C(=O)CN(c1ccccc1)S(=O)(=O)c1ccccc1. The van der Waals surface area contributed by atoms with Crippen LogP contribution in [0, 0.1) is 0 Å². The molecule has 4 aromatic carbocycles. The fourth-order valence-corrected chi connectivity index (χ4v) is 6.55. The van der Waals surface area contributed by atoms with Gasteiger partial charge in [-0.25, -0.2) is 8.42 Å². The minimum Gasteiger partial charge on any atom is -0.352 e. The van der Waals surface area contributed by atoms with Crippen LogP contribution in [0.25, 0.3) is 0 Å². The van der Waals surface area contributed by atoms with Crippen LogP contribution in [-0.2, 0) is 32.6 Å². The van der Waals surface area contributed by atoms with Gasteiger partial charge in [-0.2, -0.15) is 0 Å². The predicted molar refractivity (Wildman–Crippen MR) is 174 cm³/mol. The number of rotatable bonds is 13. The maximum Gasteiger partial charge on any atom is 0.264 e. The molecule has 2 amide bonds. The number of hydrogen-bond acceptors (Lipinski definition) is 4. The topological polar surface area (TPSA) is 86.8 Å². The van der Waals surface area contributed by atoms with Crippen molar-refractivity contribution in [1.29, 1.82) is 0 Å². The lowest BCUT2D eigenvalue weighted by molar-refractivity contribution is -0.140. The van der Waals surface area contributed by atoms with Crippen LogP contribution in [-0.4, -0.2) is 43.8 Å². The highest BCUT2D eigenvalue weighted by molar-refractivity contribution is 9.10. The van der Waals surface area contributed by atoms with E-state index in [0.717, 1.165) is 26.3 Å². The number of carbonyl (C=O) groups excluding carboxylic acids is 2. The van der Waals surface area contributed by atoms with Gasteiger partial charge in [0.05, 0.1) is 10.6 Å². The average Bonchev–Trinajstić information content (AvgIpc) is 3.02. The van der Waals surface area contributed by atoms with E-state index in [1.807, 2.05) is 68.4 Å². The maximum absolute atomic E-state index is 14.4. The molecule has 0 saturated carbocycles. The Hall–Kier alpha value is -3.95. The fraction of sp³-hybridized carbons (Fsp3) is 0.235. The van der Waals surface area contributed by atoms with E-state index in [1.165, 1.54) is 17.0 Å². The summed E-state index contributed by atoms with van der Waals surface area (Å²) in [6.45, 7) is 3.52. The largest absolute Gasteiger partial charge is 0.352 e. The molecule has 4 rings (SSSR count). The Morgan fingerprint density at radius 2 is 1.40 bits per heavy atom. The first-order chi connectivity index (χ1) is 20.7. The van der Waals surface area contributed by atoms with Crippen molar-refractivity contribution in [3.05, 3.63) is 131 Å². The lowest BCUT2D eigenvalue weighted by Crippen LogP contribution is -2.54. The minimum atomic E-state index is -4.11. The van der Waals surface area contributed by atoms with E-state index in [1.54, 1.807) is 48.5 Å². The normalized spacial score (nSPS) is 12.6. The van der Waals surface area contributed by atoms with Crippen molar-refractivity contribution in [3.63, 3.8) is 0 Å². The molecule has 0 saturated heterocycles. The Balaban J connectivity index is 1.79. The van der Waals surface area contributed by atoms with Gasteiger partial charge in [-0.15, -0.1) is 0 Å². The van der Waals surface area contributed by atoms with Crippen molar-refractivity contribution >= 4 is 43.5 Å². The Morgan fingerprint density at radius 3 is 2.00 bits per heavy atom.